The molecular weight excluding hydrogens is 346 g/mol. The lowest BCUT2D eigenvalue weighted by Crippen LogP contribution is -2.57. The summed E-state index contributed by atoms with van der Waals surface area (Å²) >= 11 is 0. The molecule has 0 radical (unpaired) electrons. The second-order valence-corrected chi connectivity index (χ2v) is 9.42. The van der Waals surface area contributed by atoms with Crippen LogP contribution in [0.5, 0.6) is 11.5 Å². The fourth-order valence-electron chi connectivity index (χ4n) is 4.73. The predicted octanol–water partition coefficient (Wildman–Crippen LogP) is 6.17. The van der Waals surface area contributed by atoms with Gasteiger partial charge in [-0.3, -0.25) is 4.79 Å². The van der Waals surface area contributed by atoms with Gasteiger partial charge in [0.15, 0.2) is 5.78 Å². The van der Waals surface area contributed by atoms with Crippen LogP contribution in [0.1, 0.15) is 69.8 Å². The van der Waals surface area contributed by atoms with E-state index in [-0.39, 0.29) is 16.9 Å². The predicted molar refractivity (Wildman–Crippen MR) is 115 cm³/mol. The zero-order valence-corrected chi connectivity index (χ0v) is 17.8. The Morgan fingerprint density at radius 3 is 2.25 bits per heavy atom. The minimum absolute atomic E-state index is 0.0669. The molecule has 1 heterocycles. The zero-order chi connectivity index (χ0) is 20.4. The third-order valence-corrected chi connectivity index (χ3v) is 5.47. The van der Waals surface area contributed by atoms with E-state index in [0.29, 0.717) is 12.3 Å². The van der Waals surface area contributed by atoms with E-state index in [4.69, 9.17) is 4.74 Å². The molecule has 0 aliphatic carbocycles. The highest BCUT2D eigenvalue weighted by molar-refractivity contribution is 5.96. The van der Waals surface area contributed by atoms with Gasteiger partial charge in [-0.05, 0) is 94.8 Å². The van der Waals surface area contributed by atoms with Crippen LogP contribution in [-0.2, 0) is 6.42 Å². The third kappa shape index (κ3) is 5.45. The molecule has 2 aromatic rings. The van der Waals surface area contributed by atoms with Crippen molar-refractivity contribution in [2.75, 3.05) is 0 Å². The van der Waals surface area contributed by atoms with Crippen molar-refractivity contribution in [2.45, 2.75) is 71.4 Å². The van der Waals surface area contributed by atoms with Gasteiger partial charge in [-0.2, -0.15) is 0 Å². The first kappa shape index (κ1) is 20.6. The standard InChI is InChI=1S/C25H33NO2/c1-6-18-8-7-9-22(14-18)28-21-12-10-20(11-13-21)23(27)15-19-16-24(2,3)26-25(4,5)17-19/h7-14,19,26H,6,15-17H2,1-5H3. The SMILES string of the molecule is CCc1cccc(Oc2ccc(C(=O)CC3CC(C)(C)NC(C)(C)C3)cc2)c1. The molecule has 0 amide bonds. The Morgan fingerprint density at radius 1 is 1.00 bits per heavy atom. The maximum absolute atomic E-state index is 12.8. The van der Waals surface area contributed by atoms with Crippen LogP contribution in [-0.4, -0.2) is 16.9 Å². The molecule has 2 aromatic carbocycles. The van der Waals surface area contributed by atoms with E-state index in [0.717, 1.165) is 36.3 Å². The second-order valence-electron chi connectivity index (χ2n) is 9.42. The number of ether oxygens (including phenoxy) is 1. The van der Waals surface area contributed by atoms with Crippen LogP contribution in [0.25, 0.3) is 0 Å². The average molecular weight is 380 g/mol. The van der Waals surface area contributed by atoms with Crippen molar-refractivity contribution in [3.8, 4) is 11.5 Å². The summed E-state index contributed by atoms with van der Waals surface area (Å²) in [6.45, 7) is 11.0. The lowest BCUT2D eigenvalue weighted by Gasteiger charge is -2.46. The van der Waals surface area contributed by atoms with Gasteiger partial charge in [-0.15, -0.1) is 0 Å². The van der Waals surface area contributed by atoms with Crippen LogP contribution in [0, 0.1) is 5.92 Å². The number of ketones is 1. The summed E-state index contributed by atoms with van der Waals surface area (Å²) in [7, 11) is 0. The van der Waals surface area contributed by atoms with Crippen molar-refractivity contribution in [3.05, 3.63) is 59.7 Å². The van der Waals surface area contributed by atoms with Gasteiger partial charge in [0.05, 0.1) is 0 Å². The molecule has 0 unspecified atom stereocenters. The van der Waals surface area contributed by atoms with E-state index in [9.17, 15) is 4.79 Å². The van der Waals surface area contributed by atoms with Gasteiger partial charge in [0.1, 0.15) is 11.5 Å². The number of piperidine rings is 1. The van der Waals surface area contributed by atoms with E-state index in [1.54, 1.807) is 0 Å². The third-order valence-electron chi connectivity index (χ3n) is 5.47. The topological polar surface area (TPSA) is 38.3 Å². The maximum atomic E-state index is 12.8. The summed E-state index contributed by atoms with van der Waals surface area (Å²) < 4.78 is 5.94. The van der Waals surface area contributed by atoms with Gasteiger partial charge >= 0.3 is 0 Å². The Labute approximate surface area is 169 Å². The number of aryl methyl sites for hydroxylation is 1. The fourth-order valence-corrected chi connectivity index (χ4v) is 4.73. The number of nitrogens with one attached hydrogen (secondary N) is 1. The lowest BCUT2D eigenvalue weighted by molar-refractivity contribution is 0.0864. The van der Waals surface area contributed by atoms with Crippen LogP contribution in [0.15, 0.2) is 48.5 Å². The molecule has 1 fully saturated rings. The van der Waals surface area contributed by atoms with Gasteiger partial charge < -0.3 is 10.1 Å². The van der Waals surface area contributed by atoms with Crippen LogP contribution in [0.3, 0.4) is 0 Å². The molecule has 1 aliphatic rings. The number of carbonyl (C=O) groups excluding carboxylic acids is 1. The minimum atomic E-state index is 0.0669. The summed E-state index contributed by atoms with van der Waals surface area (Å²) in [6.07, 6.45) is 3.64. The van der Waals surface area contributed by atoms with Gasteiger partial charge in [-0.25, -0.2) is 0 Å². The molecule has 1 aliphatic heterocycles. The van der Waals surface area contributed by atoms with E-state index in [1.807, 2.05) is 36.4 Å². The van der Waals surface area contributed by atoms with Crippen LogP contribution in [0.2, 0.25) is 0 Å². The lowest BCUT2D eigenvalue weighted by atomic mass is 9.74. The Hall–Kier alpha value is -2.13. The highest BCUT2D eigenvalue weighted by atomic mass is 16.5. The minimum Gasteiger partial charge on any atom is -0.457 e. The van der Waals surface area contributed by atoms with Gasteiger partial charge in [0.2, 0.25) is 0 Å². The number of rotatable bonds is 6. The Kier molecular flexibility index (Phi) is 5.95. The fraction of sp³-hybridized carbons (Fsp3) is 0.480. The molecule has 150 valence electrons. The van der Waals surface area contributed by atoms with Crippen molar-refractivity contribution in [1.29, 1.82) is 0 Å². The first-order valence-electron chi connectivity index (χ1n) is 10.4. The molecule has 0 saturated carbocycles. The van der Waals surface area contributed by atoms with E-state index in [1.165, 1.54) is 5.56 Å². The summed E-state index contributed by atoms with van der Waals surface area (Å²) in [4.78, 5) is 12.8. The Morgan fingerprint density at radius 2 is 1.64 bits per heavy atom. The average Bonchev–Trinajstić information content (AvgIpc) is 2.59. The summed E-state index contributed by atoms with van der Waals surface area (Å²) in [5.74, 6) is 2.22. The summed E-state index contributed by atoms with van der Waals surface area (Å²) in [5, 5.41) is 3.69. The molecule has 3 nitrogen and oxygen atoms in total. The molecule has 1 saturated heterocycles. The normalized spacial score (nSPS) is 18.6. The molecule has 3 heteroatoms. The van der Waals surface area contributed by atoms with Crippen molar-refractivity contribution in [1.82, 2.24) is 5.32 Å². The van der Waals surface area contributed by atoms with E-state index >= 15 is 0 Å². The van der Waals surface area contributed by atoms with E-state index < -0.39 is 0 Å². The van der Waals surface area contributed by atoms with Crippen LogP contribution < -0.4 is 10.1 Å². The molecule has 0 aromatic heterocycles. The second kappa shape index (κ2) is 8.08. The van der Waals surface area contributed by atoms with Gasteiger partial charge in [-0.1, -0.05) is 19.1 Å². The largest absolute Gasteiger partial charge is 0.457 e. The zero-order valence-electron chi connectivity index (χ0n) is 17.8. The molecule has 3 rings (SSSR count). The first-order valence-corrected chi connectivity index (χ1v) is 10.4. The number of Topliss-reactive ketones (excluding diaryl/α,β-unsaturated/α-hetero) is 1. The smallest absolute Gasteiger partial charge is 0.163 e. The van der Waals surface area contributed by atoms with E-state index in [2.05, 4.69) is 52.1 Å². The number of benzene rings is 2. The molecular formula is C25H33NO2. The molecule has 0 atom stereocenters. The van der Waals surface area contributed by atoms with Crippen LogP contribution >= 0.6 is 0 Å². The molecule has 28 heavy (non-hydrogen) atoms. The molecule has 1 N–H and O–H groups in total. The molecule has 0 spiro atoms. The van der Waals surface area contributed by atoms with Crippen molar-refractivity contribution < 1.29 is 9.53 Å². The highest BCUT2D eigenvalue weighted by Crippen LogP contribution is 2.35. The highest BCUT2D eigenvalue weighted by Gasteiger charge is 2.38. The molecule has 0 bridgehead atoms. The van der Waals surface area contributed by atoms with Crippen LogP contribution in [0.4, 0.5) is 0 Å². The number of carbonyl (C=O) groups is 1. The Bertz CT molecular complexity index is 805. The summed E-state index contributed by atoms with van der Waals surface area (Å²) in [6, 6.07) is 15.7. The van der Waals surface area contributed by atoms with Crippen molar-refractivity contribution >= 4 is 5.78 Å². The quantitative estimate of drug-likeness (QED) is 0.610. The van der Waals surface area contributed by atoms with Crippen molar-refractivity contribution in [3.63, 3.8) is 0 Å². The van der Waals surface area contributed by atoms with Gasteiger partial charge in [0, 0.05) is 23.1 Å². The maximum Gasteiger partial charge on any atom is 0.163 e. The monoisotopic (exact) mass is 379 g/mol. The summed E-state index contributed by atoms with van der Waals surface area (Å²) in [5.41, 5.74) is 2.15. The first-order chi connectivity index (χ1) is 13.2. The Balaban J connectivity index is 1.63. The number of hydrogen-bond acceptors (Lipinski definition) is 3. The number of hydrogen-bond donors (Lipinski definition) is 1. The van der Waals surface area contributed by atoms with Gasteiger partial charge in [0.25, 0.3) is 0 Å². The van der Waals surface area contributed by atoms with Crippen molar-refractivity contribution in [2.24, 2.45) is 5.92 Å².